The fraction of sp³-hybridized carbons (Fsp3) is 0.269. The Morgan fingerprint density at radius 3 is 2.51 bits per heavy atom. The summed E-state index contributed by atoms with van der Waals surface area (Å²) in [7, 11) is 0. The smallest absolute Gasteiger partial charge is 0.260 e. The van der Waals surface area contributed by atoms with Gasteiger partial charge in [0.15, 0.2) is 5.13 Å². The molecule has 2 aromatic carbocycles. The maximum atomic E-state index is 13.7. The van der Waals surface area contributed by atoms with Crippen molar-refractivity contribution in [3.05, 3.63) is 71.8 Å². The topological polar surface area (TPSA) is 88.4 Å². The zero-order chi connectivity index (χ0) is 24.5. The molecule has 8 nitrogen and oxygen atoms in total. The summed E-state index contributed by atoms with van der Waals surface area (Å²) in [5.74, 6) is -0.597. The molecule has 2 aromatic heterocycles. The molecular formula is C26H25N5O3S. The van der Waals surface area contributed by atoms with E-state index >= 15 is 0 Å². The van der Waals surface area contributed by atoms with E-state index in [0.29, 0.717) is 22.9 Å². The van der Waals surface area contributed by atoms with Gasteiger partial charge in [-0.1, -0.05) is 17.4 Å². The third-order valence-corrected chi connectivity index (χ3v) is 7.30. The zero-order valence-electron chi connectivity index (χ0n) is 19.6. The summed E-state index contributed by atoms with van der Waals surface area (Å²) in [6.07, 6.45) is 6.57. The molecule has 1 aliphatic heterocycles. The molecule has 0 aliphatic carbocycles. The molecule has 0 saturated carbocycles. The number of carbonyl (C=O) groups excluding carboxylic acids is 3. The lowest BCUT2D eigenvalue weighted by Crippen LogP contribution is -2.32. The third kappa shape index (κ3) is 4.59. The number of carbonyl (C=O) groups is 3. The molecule has 0 spiro atoms. The van der Waals surface area contributed by atoms with Gasteiger partial charge in [-0.2, -0.15) is 0 Å². The Morgan fingerprint density at radius 1 is 1.09 bits per heavy atom. The van der Waals surface area contributed by atoms with E-state index in [1.165, 1.54) is 16.2 Å². The first-order chi connectivity index (χ1) is 16.9. The number of imidazole rings is 1. The van der Waals surface area contributed by atoms with E-state index in [9.17, 15) is 14.4 Å². The van der Waals surface area contributed by atoms with Gasteiger partial charge in [0.25, 0.3) is 5.91 Å². The van der Waals surface area contributed by atoms with Crippen molar-refractivity contribution in [2.24, 2.45) is 0 Å². The number of hydrogen-bond acceptors (Lipinski definition) is 6. The van der Waals surface area contributed by atoms with Gasteiger partial charge >= 0.3 is 0 Å². The van der Waals surface area contributed by atoms with Gasteiger partial charge in [-0.25, -0.2) is 9.97 Å². The number of rotatable bonds is 7. The van der Waals surface area contributed by atoms with Crippen molar-refractivity contribution in [1.82, 2.24) is 14.5 Å². The number of aromatic nitrogens is 3. The van der Waals surface area contributed by atoms with E-state index in [0.717, 1.165) is 34.3 Å². The molecule has 0 N–H and O–H groups in total. The lowest BCUT2D eigenvalue weighted by atomic mass is 10.1. The molecule has 178 valence electrons. The number of thiazole rings is 1. The molecule has 0 bridgehead atoms. The van der Waals surface area contributed by atoms with Crippen LogP contribution in [0.5, 0.6) is 0 Å². The van der Waals surface area contributed by atoms with E-state index in [-0.39, 0.29) is 30.6 Å². The van der Waals surface area contributed by atoms with Gasteiger partial charge in [0.1, 0.15) is 0 Å². The summed E-state index contributed by atoms with van der Waals surface area (Å²) in [4.78, 5) is 49.6. The van der Waals surface area contributed by atoms with Gasteiger partial charge in [0, 0.05) is 43.9 Å². The maximum Gasteiger partial charge on any atom is 0.260 e. The van der Waals surface area contributed by atoms with Crippen molar-refractivity contribution in [3.8, 4) is 0 Å². The van der Waals surface area contributed by atoms with Crippen molar-refractivity contribution in [1.29, 1.82) is 0 Å². The Balaban J connectivity index is 1.44. The molecule has 0 radical (unpaired) electrons. The van der Waals surface area contributed by atoms with Gasteiger partial charge in [0.05, 0.1) is 22.2 Å². The molecular weight excluding hydrogens is 462 g/mol. The van der Waals surface area contributed by atoms with Crippen molar-refractivity contribution in [2.45, 2.75) is 39.7 Å². The van der Waals surface area contributed by atoms with Crippen LogP contribution < -0.4 is 9.80 Å². The molecule has 3 heterocycles. The van der Waals surface area contributed by atoms with Crippen LogP contribution in [0.25, 0.3) is 10.2 Å². The third-order valence-electron chi connectivity index (χ3n) is 6.07. The van der Waals surface area contributed by atoms with Crippen LogP contribution in [0.15, 0.2) is 55.1 Å². The molecule has 1 aliphatic rings. The van der Waals surface area contributed by atoms with Crippen molar-refractivity contribution >= 4 is 50.1 Å². The SMILES string of the molecule is Cc1cc(C)c2sc(N(CCCn3ccnc3)C(=O)c3ccc(N4C(=O)CCC4=O)cc3)nc2c1. The second-order valence-corrected chi connectivity index (χ2v) is 9.68. The molecule has 1 fully saturated rings. The van der Waals surface area contributed by atoms with E-state index in [4.69, 9.17) is 4.98 Å². The Bertz CT molecular complexity index is 1390. The highest BCUT2D eigenvalue weighted by Gasteiger charge is 2.30. The normalized spacial score (nSPS) is 13.7. The molecule has 1 saturated heterocycles. The fourth-order valence-corrected chi connectivity index (χ4v) is 5.41. The predicted molar refractivity (Wildman–Crippen MR) is 136 cm³/mol. The summed E-state index contributed by atoms with van der Waals surface area (Å²) in [5.41, 5.74) is 4.12. The predicted octanol–water partition coefficient (Wildman–Crippen LogP) is 4.50. The highest BCUT2D eigenvalue weighted by Crippen LogP contribution is 2.33. The highest BCUT2D eigenvalue weighted by atomic mass is 32.1. The average Bonchev–Trinajstić information content (AvgIpc) is 3.57. The van der Waals surface area contributed by atoms with Crippen LogP contribution in [0, 0.1) is 13.8 Å². The number of nitrogens with zero attached hydrogens (tertiary/aromatic N) is 5. The zero-order valence-corrected chi connectivity index (χ0v) is 20.4. The van der Waals surface area contributed by atoms with Crippen LogP contribution in [0.4, 0.5) is 10.8 Å². The number of imide groups is 1. The van der Waals surface area contributed by atoms with Crippen LogP contribution in [0.1, 0.15) is 40.7 Å². The van der Waals surface area contributed by atoms with Crippen molar-refractivity contribution in [2.75, 3.05) is 16.3 Å². The van der Waals surface area contributed by atoms with Crippen LogP contribution in [0.3, 0.4) is 0 Å². The Kier molecular flexibility index (Phi) is 6.17. The Morgan fingerprint density at radius 2 is 1.83 bits per heavy atom. The first-order valence-electron chi connectivity index (χ1n) is 11.5. The number of amides is 3. The van der Waals surface area contributed by atoms with E-state index in [1.807, 2.05) is 23.8 Å². The monoisotopic (exact) mass is 487 g/mol. The maximum absolute atomic E-state index is 13.7. The molecule has 3 amide bonds. The minimum atomic E-state index is -0.213. The van der Waals surface area contributed by atoms with Gasteiger partial charge < -0.3 is 4.57 Å². The number of hydrogen-bond donors (Lipinski definition) is 0. The Hall–Kier alpha value is -3.85. The molecule has 0 unspecified atom stereocenters. The minimum Gasteiger partial charge on any atom is -0.337 e. The van der Waals surface area contributed by atoms with Crippen molar-refractivity contribution in [3.63, 3.8) is 0 Å². The summed E-state index contributed by atoms with van der Waals surface area (Å²) in [6.45, 7) is 5.31. The lowest BCUT2D eigenvalue weighted by Gasteiger charge is -2.21. The fourth-order valence-electron chi connectivity index (χ4n) is 4.37. The van der Waals surface area contributed by atoms with Gasteiger partial charge in [-0.15, -0.1) is 0 Å². The van der Waals surface area contributed by atoms with Crippen molar-refractivity contribution < 1.29 is 14.4 Å². The quantitative estimate of drug-likeness (QED) is 0.358. The standard InChI is InChI=1S/C26H25N5O3S/c1-17-14-18(2)24-21(15-17)28-26(35-24)30(12-3-11-29-13-10-27-16-29)25(34)19-4-6-20(7-5-19)31-22(32)8-9-23(31)33/h4-7,10,13-16H,3,8-9,11-12H2,1-2H3. The first kappa shape index (κ1) is 22.9. The average molecular weight is 488 g/mol. The number of aryl methyl sites for hydroxylation is 3. The first-order valence-corrected chi connectivity index (χ1v) is 12.3. The minimum absolute atomic E-state index is 0.172. The summed E-state index contributed by atoms with van der Waals surface area (Å²) < 4.78 is 3.05. The molecule has 35 heavy (non-hydrogen) atoms. The number of benzene rings is 2. The molecule has 0 atom stereocenters. The van der Waals surface area contributed by atoms with E-state index < -0.39 is 0 Å². The van der Waals surface area contributed by atoms with Crippen LogP contribution in [0.2, 0.25) is 0 Å². The lowest BCUT2D eigenvalue weighted by molar-refractivity contribution is -0.121. The van der Waals surface area contributed by atoms with E-state index in [1.54, 1.807) is 41.7 Å². The Labute approximate surface area is 206 Å². The summed E-state index contributed by atoms with van der Waals surface area (Å²) in [6, 6.07) is 10.8. The summed E-state index contributed by atoms with van der Waals surface area (Å²) in [5, 5.41) is 0.651. The van der Waals surface area contributed by atoms with Gasteiger partial charge in [0.2, 0.25) is 11.8 Å². The van der Waals surface area contributed by atoms with Crippen LogP contribution in [-0.4, -0.2) is 38.8 Å². The second-order valence-electron chi connectivity index (χ2n) is 8.71. The second kappa shape index (κ2) is 9.42. The van der Waals surface area contributed by atoms with Gasteiger partial charge in [-0.05, 0) is 61.7 Å². The number of fused-ring (bicyclic) bond motifs is 1. The molecule has 4 aromatic rings. The highest BCUT2D eigenvalue weighted by molar-refractivity contribution is 7.22. The van der Waals surface area contributed by atoms with Crippen LogP contribution >= 0.6 is 11.3 Å². The van der Waals surface area contributed by atoms with Gasteiger partial charge in [-0.3, -0.25) is 24.2 Å². The molecule has 9 heteroatoms. The van der Waals surface area contributed by atoms with Crippen LogP contribution in [-0.2, 0) is 16.1 Å². The molecule has 5 rings (SSSR count). The number of anilines is 2. The summed E-state index contributed by atoms with van der Waals surface area (Å²) >= 11 is 1.51. The van der Waals surface area contributed by atoms with E-state index in [2.05, 4.69) is 18.0 Å². The largest absolute Gasteiger partial charge is 0.337 e.